The molecule has 3 nitrogen and oxygen atoms in total. The summed E-state index contributed by atoms with van der Waals surface area (Å²) in [6.07, 6.45) is -0.962. The zero-order valence-corrected chi connectivity index (χ0v) is 12.3. The van der Waals surface area contributed by atoms with Crippen molar-refractivity contribution < 1.29 is 18.3 Å². The van der Waals surface area contributed by atoms with Crippen LogP contribution in [-0.2, 0) is 5.54 Å². The second kappa shape index (κ2) is 7.43. The predicted octanol–water partition coefficient (Wildman–Crippen LogP) is 3.70. The molecule has 0 heterocycles. The van der Waals surface area contributed by atoms with Gasteiger partial charge in [-0.2, -0.15) is 0 Å². The Labute approximate surface area is 119 Å². The van der Waals surface area contributed by atoms with E-state index in [-0.39, 0.29) is 0 Å². The summed E-state index contributed by atoms with van der Waals surface area (Å²) in [5.74, 6) is 1.03. The van der Waals surface area contributed by atoms with Crippen molar-refractivity contribution in [1.29, 1.82) is 0 Å². The molecule has 1 aromatic rings. The van der Waals surface area contributed by atoms with E-state index in [1.54, 1.807) is 18.2 Å². The lowest BCUT2D eigenvalue weighted by Crippen LogP contribution is -2.40. The highest BCUT2D eigenvalue weighted by molar-refractivity contribution is 5.45. The first-order valence-electron chi connectivity index (χ1n) is 6.90. The van der Waals surface area contributed by atoms with Gasteiger partial charge in [0.05, 0.1) is 18.8 Å². The molecule has 0 aromatic heterocycles. The van der Waals surface area contributed by atoms with Gasteiger partial charge in [0.2, 0.25) is 0 Å². The summed E-state index contributed by atoms with van der Waals surface area (Å²) in [6, 6.07) is 4.76. The largest absolute Gasteiger partial charge is 0.490 e. The molecule has 0 radical (unpaired) electrons. The van der Waals surface area contributed by atoms with Crippen molar-refractivity contribution in [3.63, 3.8) is 0 Å². The van der Waals surface area contributed by atoms with Gasteiger partial charge in [-0.15, -0.1) is 0 Å². The molecule has 1 atom stereocenters. The van der Waals surface area contributed by atoms with Gasteiger partial charge in [0, 0.05) is 0 Å². The first kappa shape index (κ1) is 16.7. The lowest BCUT2D eigenvalue weighted by atomic mass is 9.93. The number of rotatable bonds is 8. The monoisotopic (exact) mass is 287 g/mol. The number of hydrogen-bond donors (Lipinski definition) is 1. The summed E-state index contributed by atoms with van der Waals surface area (Å²) in [5.41, 5.74) is 4.32. The Morgan fingerprint density at radius 3 is 2.15 bits per heavy atom. The van der Waals surface area contributed by atoms with Crippen LogP contribution in [0.15, 0.2) is 18.2 Å². The second-order valence-electron chi connectivity index (χ2n) is 4.94. The fourth-order valence-corrected chi connectivity index (χ4v) is 1.63. The summed E-state index contributed by atoms with van der Waals surface area (Å²) in [6.45, 7) is 6.33. The Kier molecular flexibility index (Phi) is 6.20. The number of alkyl halides is 2. The summed E-state index contributed by atoms with van der Waals surface area (Å²) in [4.78, 5) is 0. The Morgan fingerprint density at radius 2 is 1.65 bits per heavy atom. The van der Waals surface area contributed by atoms with Crippen molar-refractivity contribution in [2.75, 3.05) is 13.2 Å². The molecular weight excluding hydrogens is 264 g/mol. The molecule has 0 amide bonds. The first-order valence-corrected chi connectivity index (χ1v) is 6.90. The minimum Gasteiger partial charge on any atom is -0.490 e. The summed E-state index contributed by atoms with van der Waals surface area (Å²) in [5, 5.41) is 0. The Bertz CT molecular complexity index is 422. The maximum absolute atomic E-state index is 13.0. The van der Waals surface area contributed by atoms with Crippen LogP contribution in [0.2, 0.25) is 0 Å². The zero-order chi connectivity index (χ0) is 15.2. The molecule has 1 aromatic carbocycles. The summed E-state index contributed by atoms with van der Waals surface area (Å²) < 4.78 is 37.1. The van der Waals surface area contributed by atoms with Crippen LogP contribution in [0, 0.1) is 0 Å². The zero-order valence-electron chi connectivity index (χ0n) is 12.3. The van der Waals surface area contributed by atoms with Crippen LogP contribution in [0.3, 0.4) is 0 Å². The average molecular weight is 287 g/mol. The minimum atomic E-state index is -2.65. The molecule has 5 heteroatoms. The fourth-order valence-electron chi connectivity index (χ4n) is 1.63. The smallest absolute Gasteiger partial charge is 0.260 e. The molecule has 0 spiro atoms. The first-order chi connectivity index (χ1) is 9.43. The van der Waals surface area contributed by atoms with Crippen LogP contribution in [0.25, 0.3) is 0 Å². The standard InChI is InChI=1S/C15H23F2NO2/c1-4-8-19-12-7-6-11(15(3,18)14(16)17)10-13(12)20-9-5-2/h6-7,10,14H,4-5,8-9,18H2,1-3H3. The van der Waals surface area contributed by atoms with Gasteiger partial charge in [0.1, 0.15) is 0 Å². The van der Waals surface area contributed by atoms with E-state index in [0.717, 1.165) is 12.8 Å². The molecule has 114 valence electrons. The van der Waals surface area contributed by atoms with Gasteiger partial charge in [-0.1, -0.05) is 19.9 Å². The van der Waals surface area contributed by atoms with Crippen molar-refractivity contribution in [3.05, 3.63) is 23.8 Å². The van der Waals surface area contributed by atoms with Gasteiger partial charge in [-0.25, -0.2) is 8.78 Å². The van der Waals surface area contributed by atoms with Crippen molar-refractivity contribution >= 4 is 0 Å². The number of benzene rings is 1. The predicted molar refractivity (Wildman–Crippen MR) is 75.6 cm³/mol. The Hall–Kier alpha value is -1.36. The van der Waals surface area contributed by atoms with Gasteiger partial charge >= 0.3 is 0 Å². The van der Waals surface area contributed by atoms with E-state index in [4.69, 9.17) is 15.2 Å². The van der Waals surface area contributed by atoms with Crippen molar-refractivity contribution in [1.82, 2.24) is 0 Å². The van der Waals surface area contributed by atoms with Crippen LogP contribution >= 0.6 is 0 Å². The average Bonchev–Trinajstić information content (AvgIpc) is 2.42. The van der Waals surface area contributed by atoms with Crippen molar-refractivity contribution in [3.8, 4) is 11.5 Å². The maximum atomic E-state index is 13.0. The molecule has 0 aliphatic heterocycles. The Balaban J connectivity index is 3.06. The summed E-state index contributed by atoms with van der Waals surface area (Å²) >= 11 is 0. The molecule has 0 aliphatic carbocycles. The number of halogens is 2. The molecule has 1 unspecified atom stereocenters. The second-order valence-corrected chi connectivity index (χ2v) is 4.94. The van der Waals surface area contributed by atoms with Crippen LogP contribution in [0.4, 0.5) is 8.78 Å². The van der Waals surface area contributed by atoms with Crippen LogP contribution in [-0.4, -0.2) is 19.6 Å². The number of hydrogen-bond acceptors (Lipinski definition) is 3. The number of nitrogens with two attached hydrogens (primary N) is 1. The third-order valence-corrected chi connectivity index (χ3v) is 2.94. The Morgan fingerprint density at radius 1 is 1.10 bits per heavy atom. The van der Waals surface area contributed by atoms with Crippen LogP contribution < -0.4 is 15.2 Å². The molecule has 0 saturated carbocycles. The molecule has 20 heavy (non-hydrogen) atoms. The van der Waals surface area contributed by atoms with Gasteiger partial charge in [-0.3, -0.25) is 0 Å². The van der Waals surface area contributed by atoms with E-state index in [2.05, 4.69) is 0 Å². The molecular formula is C15H23F2NO2. The van der Waals surface area contributed by atoms with Crippen molar-refractivity contribution in [2.24, 2.45) is 5.73 Å². The van der Waals surface area contributed by atoms with Gasteiger partial charge < -0.3 is 15.2 Å². The molecule has 2 N–H and O–H groups in total. The van der Waals surface area contributed by atoms with Crippen LogP contribution in [0.5, 0.6) is 11.5 Å². The third-order valence-electron chi connectivity index (χ3n) is 2.94. The van der Waals surface area contributed by atoms with Crippen LogP contribution in [0.1, 0.15) is 39.2 Å². The molecule has 0 bridgehead atoms. The third kappa shape index (κ3) is 4.07. The van der Waals surface area contributed by atoms with E-state index in [9.17, 15) is 8.78 Å². The molecule has 0 saturated heterocycles. The topological polar surface area (TPSA) is 44.5 Å². The lowest BCUT2D eigenvalue weighted by molar-refractivity contribution is 0.0623. The van der Waals surface area contributed by atoms with E-state index in [1.807, 2.05) is 13.8 Å². The van der Waals surface area contributed by atoms with Gasteiger partial charge in [0.25, 0.3) is 6.43 Å². The van der Waals surface area contributed by atoms with E-state index >= 15 is 0 Å². The van der Waals surface area contributed by atoms with E-state index in [0.29, 0.717) is 30.3 Å². The summed E-state index contributed by atoms with van der Waals surface area (Å²) in [7, 11) is 0. The maximum Gasteiger partial charge on any atom is 0.260 e. The van der Waals surface area contributed by atoms with Crippen molar-refractivity contribution in [2.45, 2.75) is 45.6 Å². The highest BCUT2D eigenvalue weighted by Crippen LogP contribution is 2.34. The normalized spacial score (nSPS) is 14.2. The minimum absolute atomic E-state index is 0.336. The van der Waals surface area contributed by atoms with Gasteiger partial charge in [0.15, 0.2) is 11.5 Å². The quantitative estimate of drug-likeness (QED) is 0.793. The highest BCUT2D eigenvalue weighted by atomic mass is 19.3. The van der Waals surface area contributed by atoms with E-state index < -0.39 is 12.0 Å². The number of ether oxygens (including phenoxy) is 2. The lowest BCUT2D eigenvalue weighted by Gasteiger charge is -2.25. The van der Waals surface area contributed by atoms with Gasteiger partial charge in [-0.05, 0) is 37.5 Å². The molecule has 0 fully saturated rings. The molecule has 0 aliphatic rings. The highest BCUT2D eigenvalue weighted by Gasteiger charge is 2.33. The molecule has 1 rings (SSSR count). The van der Waals surface area contributed by atoms with E-state index in [1.165, 1.54) is 6.92 Å². The SMILES string of the molecule is CCCOc1ccc(C(C)(N)C(F)F)cc1OCCC. The fraction of sp³-hybridized carbons (Fsp3) is 0.600.